The molecule has 1 aromatic carbocycles. The maximum Gasteiger partial charge on any atom is 0.224 e. The highest BCUT2D eigenvalue weighted by Crippen LogP contribution is 2.44. The van der Waals surface area contributed by atoms with E-state index in [2.05, 4.69) is 11.4 Å². The molecule has 0 spiro atoms. The van der Waals surface area contributed by atoms with Crippen LogP contribution in [0.1, 0.15) is 56.9 Å². The van der Waals surface area contributed by atoms with Crippen molar-refractivity contribution in [2.24, 2.45) is 17.8 Å². The van der Waals surface area contributed by atoms with Crippen LogP contribution in [-0.4, -0.2) is 55.2 Å². The van der Waals surface area contributed by atoms with E-state index < -0.39 is 11.5 Å². The van der Waals surface area contributed by atoms with Crippen LogP contribution in [0.15, 0.2) is 30.3 Å². The van der Waals surface area contributed by atoms with Crippen LogP contribution in [0.25, 0.3) is 0 Å². The van der Waals surface area contributed by atoms with E-state index in [0.29, 0.717) is 51.9 Å². The number of hydrogen-bond acceptors (Lipinski definition) is 5. The van der Waals surface area contributed by atoms with E-state index >= 15 is 0 Å². The second-order valence-corrected chi connectivity index (χ2v) is 10.1. The minimum Gasteiger partial charge on any atom is -0.378 e. The van der Waals surface area contributed by atoms with Crippen LogP contribution in [0, 0.1) is 29.1 Å². The van der Waals surface area contributed by atoms with E-state index in [1.165, 1.54) is 19.3 Å². The van der Waals surface area contributed by atoms with E-state index in [1.807, 2.05) is 35.2 Å². The largest absolute Gasteiger partial charge is 0.378 e. The number of amides is 2. The van der Waals surface area contributed by atoms with E-state index in [1.54, 1.807) is 0 Å². The fourth-order valence-corrected chi connectivity index (χ4v) is 5.32. The van der Waals surface area contributed by atoms with E-state index in [0.717, 1.165) is 24.8 Å². The lowest BCUT2D eigenvalue weighted by molar-refractivity contribution is -0.140. The highest BCUT2D eigenvalue weighted by molar-refractivity contribution is 5.87. The molecule has 7 heteroatoms. The zero-order valence-corrected chi connectivity index (χ0v) is 20.0. The first kappa shape index (κ1) is 24.7. The summed E-state index contributed by atoms with van der Waals surface area (Å²) in [6.45, 7) is 3.19. The molecule has 3 atom stereocenters. The van der Waals surface area contributed by atoms with Crippen molar-refractivity contribution in [3.63, 3.8) is 0 Å². The van der Waals surface area contributed by atoms with Gasteiger partial charge in [-0.1, -0.05) is 62.4 Å². The molecule has 4 rings (SSSR count). The van der Waals surface area contributed by atoms with Crippen molar-refractivity contribution in [2.75, 3.05) is 32.9 Å². The van der Waals surface area contributed by atoms with Gasteiger partial charge >= 0.3 is 0 Å². The molecule has 0 radical (unpaired) electrons. The Morgan fingerprint density at radius 3 is 2.62 bits per heavy atom. The van der Waals surface area contributed by atoms with Crippen LogP contribution < -0.4 is 5.32 Å². The quantitative estimate of drug-likeness (QED) is 0.569. The lowest BCUT2D eigenvalue weighted by atomic mass is 9.81. The first-order valence-corrected chi connectivity index (χ1v) is 12.8. The van der Waals surface area contributed by atoms with Crippen molar-refractivity contribution in [1.29, 1.82) is 5.26 Å². The maximum absolute atomic E-state index is 13.4. The van der Waals surface area contributed by atoms with Gasteiger partial charge in [-0.25, -0.2) is 0 Å². The molecular weight excluding hydrogens is 430 g/mol. The standard InChI is InChI=1S/C27H37N3O4/c28-20-27(17-24(27)19-34-18-22-9-5-2-6-10-22)29-26(32)23(15-21-7-3-1-4-8-21)16-25(31)30-11-13-33-14-12-30/h2,5-6,9-10,21,23-24H,1,3-4,7-8,11-19H2,(H,29,32). The molecule has 3 unspecified atom stereocenters. The van der Waals surface area contributed by atoms with E-state index in [-0.39, 0.29) is 24.2 Å². The predicted molar refractivity (Wildman–Crippen MR) is 127 cm³/mol. The summed E-state index contributed by atoms with van der Waals surface area (Å²) in [7, 11) is 0. The Kier molecular flexibility index (Phi) is 8.58. The number of nitriles is 1. The number of rotatable bonds is 10. The van der Waals surface area contributed by atoms with Gasteiger partial charge in [0.2, 0.25) is 11.8 Å². The third-order valence-electron chi connectivity index (χ3n) is 7.58. The number of morpholine rings is 1. The Hall–Kier alpha value is -2.43. The Balaban J connectivity index is 1.33. The van der Waals surface area contributed by atoms with Crippen LogP contribution in [-0.2, 0) is 25.7 Å². The second kappa shape index (κ2) is 11.8. The molecule has 1 N–H and O–H groups in total. The average molecular weight is 468 g/mol. The second-order valence-electron chi connectivity index (χ2n) is 10.1. The van der Waals surface area contributed by atoms with Crippen molar-refractivity contribution in [3.8, 4) is 6.07 Å². The number of ether oxygens (including phenoxy) is 2. The molecule has 0 aromatic heterocycles. The predicted octanol–water partition coefficient (Wildman–Crippen LogP) is 3.44. The smallest absolute Gasteiger partial charge is 0.224 e. The summed E-state index contributed by atoms with van der Waals surface area (Å²) in [5.74, 6) is -0.0714. The summed E-state index contributed by atoms with van der Waals surface area (Å²) in [5, 5.41) is 12.9. The summed E-state index contributed by atoms with van der Waals surface area (Å²) in [6.07, 6.45) is 7.40. The Morgan fingerprint density at radius 2 is 1.91 bits per heavy atom. The first-order chi connectivity index (χ1) is 16.6. The van der Waals surface area contributed by atoms with Crippen LogP contribution in [0.3, 0.4) is 0 Å². The molecule has 2 aliphatic carbocycles. The van der Waals surface area contributed by atoms with Crippen LogP contribution >= 0.6 is 0 Å². The van der Waals surface area contributed by atoms with Crippen LogP contribution in [0.4, 0.5) is 0 Å². The van der Waals surface area contributed by atoms with Crippen molar-refractivity contribution in [3.05, 3.63) is 35.9 Å². The van der Waals surface area contributed by atoms with Gasteiger partial charge in [0.25, 0.3) is 0 Å². The Bertz CT molecular complexity index is 858. The van der Waals surface area contributed by atoms with Gasteiger partial charge in [-0.3, -0.25) is 9.59 Å². The van der Waals surface area contributed by atoms with Gasteiger partial charge in [0, 0.05) is 31.3 Å². The molecule has 1 aliphatic heterocycles. The SMILES string of the molecule is N#CC1(NC(=O)C(CC(=O)N2CCOCC2)CC2CCCCC2)CC1COCc1ccccc1. The summed E-state index contributed by atoms with van der Waals surface area (Å²) >= 11 is 0. The van der Waals surface area contributed by atoms with Gasteiger partial charge in [-0.2, -0.15) is 5.26 Å². The van der Waals surface area contributed by atoms with Crippen molar-refractivity contribution in [1.82, 2.24) is 10.2 Å². The van der Waals surface area contributed by atoms with Crippen LogP contribution in [0.5, 0.6) is 0 Å². The zero-order valence-electron chi connectivity index (χ0n) is 20.0. The molecule has 1 heterocycles. The fourth-order valence-electron chi connectivity index (χ4n) is 5.32. The molecule has 3 fully saturated rings. The van der Waals surface area contributed by atoms with Gasteiger partial charge in [-0.15, -0.1) is 0 Å². The zero-order chi connectivity index (χ0) is 23.8. The summed E-state index contributed by atoms with van der Waals surface area (Å²) in [5.41, 5.74) is 0.213. The van der Waals surface area contributed by atoms with Gasteiger partial charge in [0.05, 0.1) is 32.5 Å². The third-order valence-corrected chi connectivity index (χ3v) is 7.58. The fraction of sp³-hybridized carbons (Fsp3) is 0.667. The molecule has 7 nitrogen and oxygen atoms in total. The van der Waals surface area contributed by atoms with Gasteiger partial charge in [-0.05, 0) is 24.3 Å². The van der Waals surface area contributed by atoms with E-state index in [4.69, 9.17) is 9.47 Å². The minimum absolute atomic E-state index is 0.0174. The number of nitrogens with one attached hydrogen (secondary N) is 1. The minimum atomic E-state index is -0.874. The number of hydrogen-bond donors (Lipinski definition) is 1. The van der Waals surface area contributed by atoms with Crippen molar-refractivity contribution < 1.29 is 19.1 Å². The number of carbonyl (C=O) groups is 2. The van der Waals surface area contributed by atoms with Gasteiger partial charge in [0.15, 0.2) is 0 Å². The average Bonchev–Trinajstić information content (AvgIpc) is 3.57. The molecule has 3 aliphatic rings. The molecule has 0 bridgehead atoms. The summed E-state index contributed by atoms with van der Waals surface area (Å²) in [6, 6.07) is 12.3. The molecule has 1 saturated heterocycles. The van der Waals surface area contributed by atoms with Crippen molar-refractivity contribution in [2.45, 2.75) is 63.5 Å². The molecule has 1 aromatic rings. The molecular formula is C27H37N3O4. The monoisotopic (exact) mass is 467 g/mol. The lowest BCUT2D eigenvalue weighted by Crippen LogP contribution is -2.46. The van der Waals surface area contributed by atoms with Gasteiger partial charge in [0.1, 0.15) is 5.54 Å². The van der Waals surface area contributed by atoms with E-state index in [9.17, 15) is 14.9 Å². The first-order valence-electron chi connectivity index (χ1n) is 12.8. The molecule has 2 amide bonds. The highest BCUT2D eigenvalue weighted by Gasteiger charge is 2.56. The summed E-state index contributed by atoms with van der Waals surface area (Å²) < 4.78 is 11.2. The topological polar surface area (TPSA) is 91.7 Å². The highest BCUT2D eigenvalue weighted by atomic mass is 16.5. The molecule has 2 saturated carbocycles. The van der Waals surface area contributed by atoms with Gasteiger partial charge < -0.3 is 19.7 Å². The Labute approximate surface area is 202 Å². The maximum atomic E-state index is 13.4. The summed E-state index contributed by atoms with van der Waals surface area (Å²) in [4.78, 5) is 28.2. The molecule has 34 heavy (non-hydrogen) atoms. The number of benzene rings is 1. The normalized spacial score (nSPS) is 25.9. The molecule has 184 valence electrons. The number of nitrogens with zero attached hydrogens (tertiary/aromatic N) is 2. The third kappa shape index (κ3) is 6.58. The lowest BCUT2D eigenvalue weighted by Gasteiger charge is -2.30. The van der Waals surface area contributed by atoms with Crippen molar-refractivity contribution >= 4 is 11.8 Å². The Morgan fingerprint density at radius 1 is 1.18 bits per heavy atom. The number of carbonyl (C=O) groups excluding carboxylic acids is 2. The van der Waals surface area contributed by atoms with Crippen LogP contribution in [0.2, 0.25) is 0 Å².